The van der Waals surface area contributed by atoms with Crippen LogP contribution in [-0.4, -0.2) is 37.4 Å². The maximum absolute atomic E-state index is 14.4. The number of esters is 1. The van der Waals surface area contributed by atoms with Crippen LogP contribution in [0.4, 0.5) is 17.6 Å². The Bertz CT molecular complexity index is 1000. The van der Waals surface area contributed by atoms with Crippen LogP contribution >= 0.6 is 11.6 Å². The van der Waals surface area contributed by atoms with Gasteiger partial charge >= 0.3 is 5.97 Å². The maximum Gasteiger partial charge on any atom is 0.321 e. The molecule has 0 aliphatic carbocycles. The first-order valence-electron chi connectivity index (χ1n) is 8.85. The predicted molar refractivity (Wildman–Crippen MR) is 109 cm³/mol. The second-order valence-corrected chi connectivity index (χ2v) is 9.47. The number of hydrogen-bond acceptors (Lipinski definition) is 4. The van der Waals surface area contributed by atoms with Crippen molar-refractivity contribution in [1.82, 2.24) is 4.31 Å². The van der Waals surface area contributed by atoms with Crippen LogP contribution in [0.3, 0.4) is 0 Å². The molecule has 0 aliphatic rings. The average molecular weight is 484 g/mol. The third-order valence-electron chi connectivity index (χ3n) is 3.67. The summed E-state index contributed by atoms with van der Waals surface area (Å²) in [6.07, 6.45) is 5.81. The Morgan fingerprint density at radius 3 is 2.13 bits per heavy atom. The molecule has 0 spiro atoms. The van der Waals surface area contributed by atoms with Crippen molar-refractivity contribution < 1.29 is 35.5 Å². The summed E-state index contributed by atoms with van der Waals surface area (Å²) in [7, 11) is -5.13. The zero-order chi connectivity index (χ0) is 24.1. The average Bonchev–Trinajstić information content (AvgIpc) is 2.65. The van der Waals surface area contributed by atoms with E-state index in [1.54, 1.807) is 6.92 Å². The van der Waals surface area contributed by atoms with E-state index in [-0.39, 0.29) is 0 Å². The van der Waals surface area contributed by atoms with Gasteiger partial charge < -0.3 is 4.74 Å². The molecule has 0 fully saturated rings. The summed E-state index contributed by atoms with van der Waals surface area (Å²) in [5.41, 5.74) is -0.651. The summed E-state index contributed by atoms with van der Waals surface area (Å²) in [6, 6.07) is 0. The van der Waals surface area contributed by atoms with Gasteiger partial charge in [0.2, 0.25) is 10.0 Å². The minimum atomic E-state index is -5.13. The number of allylic oxidation sites excluding steroid dienone is 3. The summed E-state index contributed by atoms with van der Waals surface area (Å²) in [5.74, 6) is -9.91. The monoisotopic (exact) mass is 483 g/mol. The number of nitrogens with zero attached hydrogens (tertiary/aromatic N) is 1. The van der Waals surface area contributed by atoms with Gasteiger partial charge in [-0.2, -0.15) is 4.31 Å². The molecule has 0 unspecified atom stereocenters. The minimum Gasteiger partial charge on any atom is -0.459 e. The van der Waals surface area contributed by atoms with Gasteiger partial charge in [-0.15, -0.1) is 0 Å². The van der Waals surface area contributed by atoms with Crippen LogP contribution in [0.5, 0.6) is 0 Å². The normalized spacial score (nSPS) is 13.2. The standard InChI is InChI=1S/C20H22ClF4NO4S/c1-6-8-9-12(7-2)10-26(11-13(27)30-20(3,4)5)31(28,29)19-14(21)15(22)16(23)17(24)18(19)25/h6-9H,1,10-11H2,2-5H3/b9-8-,12-7+. The summed E-state index contributed by atoms with van der Waals surface area (Å²) < 4.78 is 87.1. The Labute approximate surface area is 183 Å². The summed E-state index contributed by atoms with van der Waals surface area (Å²) in [4.78, 5) is 10.6. The first-order valence-corrected chi connectivity index (χ1v) is 10.7. The van der Waals surface area contributed by atoms with Crippen molar-refractivity contribution in [1.29, 1.82) is 0 Å². The van der Waals surface area contributed by atoms with Gasteiger partial charge in [-0.1, -0.05) is 42.5 Å². The molecule has 0 bridgehead atoms. The number of hydrogen-bond donors (Lipinski definition) is 0. The number of ether oxygens (including phenoxy) is 1. The Kier molecular flexibility index (Phi) is 9.04. The van der Waals surface area contributed by atoms with Crippen LogP contribution in [0.15, 0.2) is 41.4 Å². The van der Waals surface area contributed by atoms with Gasteiger partial charge in [0, 0.05) is 6.54 Å². The largest absolute Gasteiger partial charge is 0.459 e. The van der Waals surface area contributed by atoms with E-state index in [1.165, 1.54) is 45.1 Å². The molecule has 172 valence electrons. The highest BCUT2D eigenvalue weighted by molar-refractivity contribution is 7.89. The Morgan fingerprint density at radius 1 is 1.10 bits per heavy atom. The molecule has 0 atom stereocenters. The highest BCUT2D eigenvalue weighted by Crippen LogP contribution is 2.34. The first kappa shape index (κ1) is 26.9. The SMILES string of the molecule is C=C/C=C\C(=C/C)CN(CC(=O)OC(C)(C)C)S(=O)(=O)c1c(F)c(F)c(F)c(F)c1Cl. The molecule has 1 aromatic rings. The van der Waals surface area contributed by atoms with E-state index in [4.69, 9.17) is 16.3 Å². The molecule has 0 saturated carbocycles. The van der Waals surface area contributed by atoms with Gasteiger partial charge in [0.25, 0.3) is 0 Å². The third-order valence-corrected chi connectivity index (χ3v) is 5.97. The quantitative estimate of drug-likeness (QED) is 0.173. The van der Waals surface area contributed by atoms with E-state index < -0.39 is 67.9 Å². The molecule has 0 aliphatic heterocycles. The molecule has 11 heteroatoms. The fraction of sp³-hybridized carbons (Fsp3) is 0.350. The Balaban J connectivity index is 3.62. The fourth-order valence-corrected chi connectivity index (χ4v) is 4.26. The lowest BCUT2D eigenvalue weighted by Gasteiger charge is -2.25. The molecular formula is C20H22ClF4NO4S. The van der Waals surface area contributed by atoms with E-state index in [9.17, 15) is 30.8 Å². The summed E-state index contributed by atoms with van der Waals surface area (Å²) in [5, 5.41) is -1.48. The number of rotatable bonds is 8. The topological polar surface area (TPSA) is 63.7 Å². The molecule has 0 aromatic heterocycles. The zero-order valence-electron chi connectivity index (χ0n) is 17.3. The molecule has 31 heavy (non-hydrogen) atoms. The predicted octanol–water partition coefficient (Wildman–Crippen LogP) is 4.92. The Morgan fingerprint density at radius 2 is 1.65 bits per heavy atom. The van der Waals surface area contributed by atoms with Crippen LogP contribution in [-0.2, 0) is 19.6 Å². The molecule has 1 rings (SSSR count). The van der Waals surface area contributed by atoms with Crippen molar-refractivity contribution >= 4 is 27.6 Å². The number of sulfonamides is 1. The van der Waals surface area contributed by atoms with Gasteiger partial charge in [-0.3, -0.25) is 4.79 Å². The molecule has 0 saturated heterocycles. The van der Waals surface area contributed by atoms with E-state index in [1.807, 2.05) is 0 Å². The number of halogens is 5. The Hall–Kier alpha value is -2.17. The molecule has 0 N–H and O–H groups in total. The van der Waals surface area contributed by atoms with Crippen molar-refractivity contribution in [3.63, 3.8) is 0 Å². The molecular weight excluding hydrogens is 462 g/mol. The summed E-state index contributed by atoms with van der Waals surface area (Å²) >= 11 is 5.52. The zero-order valence-corrected chi connectivity index (χ0v) is 18.9. The van der Waals surface area contributed by atoms with E-state index in [0.717, 1.165) is 0 Å². The molecule has 0 amide bonds. The minimum absolute atomic E-state index is 0.326. The summed E-state index contributed by atoms with van der Waals surface area (Å²) in [6.45, 7) is 8.20. The van der Waals surface area contributed by atoms with Crippen LogP contribution < -0.4 is 0 Å². The van der Waals surface area contributed by atoms with E-state index in [0.29, 0.717) is 9.88 Å². The van der Waals surface area contributed by atoms with Gasteiger partial charge in [-0.05, 0) is 33.3 Å². The van der Waals surface area contributed by atoms with Gasteiger partial charge in [0.15, 0.2) is 23.3 Å². The highest BCUT2D eigenvalue weighted by Gasteiger charge is 2.37. The molecule has 1 aromatic carbocycles. The molecule has 0 radical (unpaired) electrons. The highest BCUT2D eigenvalue weighted by atomic mass is 35.5. The van der Waals surface area contributed by atoms with Gasteiger partial charge in [0.05, 0.1) is 0 Å². The molecule has 5 nitrogen and oxygen atoms in total. The lowest BCUT2D eigenvalue weighted by molar-refractivity contribution is -0.154. The van der Waals surface area contributed by atoms with Crippen molar-refractivity contribution in [2.24, 2.45) is 0 Å². The lowest BCUT2D eigenvalue weighted by atomic mass is 10.2. The number of benzene rings is 1. The number of carbonyl (C=O) groups is 1. The van der Waals surface area contributed by atoms with E-state index >= 15 is 0 Å². The van der Waals surface area contributed by atoms with Crippen molar-refractivity contribution in [3.05, 3.63) is 64.7 Å². The van der Waals surface area contributed by atoms with Gasteiger partial charge in [-0.25, -0.2) is 26.0 Å². The third kappa shape index (κ3) is 6.65. The van der Waals surface area contributed by atoms with Crippen LogP contribution in [0.2, 0.25) is 5.02 Å². The van der Waals surface area contributed by atoms with Crippen LogP contribution in [0.25, 0.3) is 0 Å². The van der Waals surface area contributed by atoms with Crippen molar-refractivity contribution in [3.8, 4) is 0 Å². The smallest absolute Gasteiger partial charge is 0.321 e. The van der Waals surface area contributed by atoms with Crippen LogP contribution in [0.1, 0.15) is 27.7 Å². The lowest BCUT2D eigenvalue weighted by Crippen LogP contribution is -2.40. The van der Waals surface area contributed by atoms with Crippen molar-refractivity contribution in [2.75, 3.05) is 13.1 Å². The number of carbonyl (C=O) groups excluding carboxylic acids is 1. The fourth-order valence-electron chi connectivity index (χ4n) is 2.32. The first-order chi connectivity index (χ1) is 14.2. The van der Waals surface area contributed by atoms with E-state index in [2.05, 4.69) is 6.58 Å². The van der Waals surface area contributed by atoms with Gasteiger partial charge in [0.1, 0.15) is 22.1 Å². The second-order valence-electron chi connectivity index (χ2n) is 7.22. The molecule has 0 heterocycles. The van der Waals surface area contributed by atoms with Crippen molar-refractivity contribution in [2.45, 2.75) is 38.2 Å². The second kappa shape index (κ2) is 10.4. The van der Waals surface area contributed by atoms with Crippen LogP contribution in [0, 0.1) is 23.3 Å². The maximum atomic E-state index is 14.4.